The summed E-state index contributed by atoms with van der Waals surface area (Å²) in [4.78, 5) is 13.1. The number of amides is 1. The van der Waals surface area contributed by atoms with E-state index < -0.39 is 16.1 Å². The van der Waals surface area contributed by atoms with Crippen LogP contribution < -0.4 is 10.0 Å². The van der Waals surface area contributed by atoms with Gasteiger partial charge in [0, 0.05) is 6.04 Å². The Morgan fingerprint density at radius 3 is 2.19 bits per heavy atom. The molecule has 1 aromatic rings. The molecule has 5 nitrogen and oxygen atoms in total. The van der Waals surface area contributed by atoms with Crippen molar-refractivity contribution in [3.05, 3.63) is 29.8 Å². The minimum atomic E-state index is -3.74. The number of benzene rings is 1. The number of carbonyl (C=O) groups excluding carboxylic acids is 1. The summed E-state index contributed by atoms with van der Waals surface area (Å²) >= 11 is 0. The van der Waals surface area contributed by atoms with Gasteiger partial charge in [-0.15, -0.1) is 0 Å². The molecule has 0 radical (unpaired) electrons. The minimum Gasteiger partial charge on any atom is -0.352 e. The summed E-state index contributed by atoms with van der Waals surface area (Å²) in [5.41, 5.74) is 0.995. The van der Waals surface area contributed by atoms with Crippen molar-refractivity contribution in [2.45, 2.75) is 89.1 Å². The van der Waals surface area contributed by atoms with Crippen LogP contribution in [-0.2, 0) is 14.8 Å². The lowest BCUT2D eigenvalue weighted by Gasteiger charge is -2.27. The summed E-state index contributed by atoms with van der Waals surface area (Å²) in [6.07, 6.45) is 8.60. The molecule has 2 unspecified atom stereocenters. The van der Waals surface area contributed by atoms with Crippen LogP contribution in [0.25, 0.3) is 0 Å². The van der Waals surface area contributed by atoms with Crippen LogP contribution in [0.2, 0.25) is 0 Å². The maximum Gasteiger partial charge on any atom is 0.241 e. The molecule has 2 atom stereocenters. The SMILES string of the molecule is CCC(C)C(NS(=O)(=O)c1ccc(C)cc1)C(=O)NC1CCCCCCC1. The first kappa shape index (κ1) is 21.9. The largest absolute Gasteiger partial charge is 0.352 e. The van der Waals surface area contributed by atoms with Crippen LogP contribution >= 0.6 is 0 Å². The Hall–Kier alpha value is -1.40. The number of rotatable bonds is 7. The van der Waals surface area contributed by atoms with Crippen LogP contribution in [0.4, 0.5) is 0 Å². The molecule has 0 aliphatic heterocycles. The molecule has 1 saturated carbocycles. The van der Waals surface area contributed by atoms with Crippen molar-refractivity contribution in [2.24, 2.45) is 5.92 Å². The van der Waals surface area contributed by atoms with Gasteiger partial charge in [-0.2, -0.15) is 4.72 Å². The van der Waals surface area contributed by atoms with Gasteiger partial charge in [-0.3, -0.25) is 4.79 Å². The summed E-state index contributed by atoms with van der Waals surface area (Å²) in [7, 11) is -3.74. The molecule has 1 fully saturated rings. The van der Waals surface area contributed by atoms with Crippen molar-refractivity contribution >= 4 is 15.9 Å². The second-order valence-corrected chi connectivity index (χ2v) is 9.56. The lowest BCUT2D eigenvalue weighted by Crippen LogP contribution is -2.52. The first-order chi connectivity index (χ1) is 12.8. The van der Waals surface area contributed by atoms with Gasteiger partial charge in [0.05, 0.1) is 4.90 Å². The summed E-state index contributed by atoms with van der Waals surface area (Å²) in [6, 6.07) is 6.08. The Morgan fingerprint density at radius 2 is 1.63 bits per heavy atom. The molecule has 0 saturated heterocycles. The summed E-state index contributed by atoms with van der Waals surface area (Å²) in [5, 5.41) is 3.12. The van der Waals surface area contributed by atoms with E-state index in [9.17, 15) is 13.2 Å². The zero-order valence-electron chi connectivity index (χ0n) is 16.8. The molecule has 0 spiro atoms. The molecule has 0 bridgehead atoms. The number of nitrogens with one attached hydrogen (secondary N) is 2. The molecule has 1 aliphatic carbocycles. The third-order valence-electron chi connectivity index (χ3n) is 5.56. The van der Waals surface area contributed by atoms with Crippen LogP contribution in [0.1, 0.15) is 70.8 Å². The van der Waals surface area contributed by atoms with Gasteiger partial charge in [-0.1, -0.05) is 70.1 Å². The molecule has 152 valence electrons. The fraction of sp³-hybridized carbons (Fsp3) is 0.667. The van der Waals surface area contributed by atoms with Gasteiger partial charge in [-0.25, -0.2) is 8.42 Å². The Balaban J connectivity index is 2.11. The Morgan fingerprint density at radius 1 is 1.07 bits per heavy atom. The monoisotopic (exact) mass is 394 g/mol. The normalized spacial score (nSPS) is 18.9. The molecular formula is C21H34N2O3S. The van der Waals surface area contributed by atoms with Crippen molar-refractivity contribution in [2.75, 3.05) is 0 Å². The van der Waals surface area contributed by atoms with Crippen LogP contribution in [0.3, 0.4) is 0 Å². The standard InChI is InChI=1S/C21H34N2O3S/c1-4-17(3)20(21(24)22-18-10-8-6-5-7-9-11-18)23-27(25,26)19-14-12-16(2)13-15-19/h12-15,17-18,20,23H,4-11H2,1-3H3,(H,22,24). The van der Waals surface area contributed by atoms with Gasteiger partial charge < -0.3 is 5.32 Å². The maximum absolute atomic E-state index is 12.9. The number of hydrogen-bond donors (Lipinski definition) is 2. The average Bonchev–Trinajstić information content (AvgIpc) is 2.61. The highest BCUT2D eigenvalue weighted by atomic mass is 32.2. The lowest BCUT2D eigenvalue weighted by atomic mass is 9.95. The lowest BCUT2D eigenvalue weighted by molar-refractivity contribution is -0.124. The smallest absolute Gasteiger partial charge is 0.241 e. The third kappa shape index (κ3) is 6.61. The fourth-order valence-corrected chi connectivity index (χ4v) is 4.81. The second-order valence-electron chi connectivity index (χ2n) is 7.85. The van der Waals surface area contributed by atoms with E-state index in [4.69, 9.17) is 0 Å². The maximum atomic E-state index is 12.9. The molecule has 0 aromatic heterocycles. The van der Waals surface area contributed by atoms with E-state index in [1.165, 1.54) is 19.3 Å². The van der Waals surface area contributed by atoms with Gasteiger partial charge in [-0.05, 0) is 37.8 Å². The zero-order chi connectivity index (χ0) is 19.9. The van der Waals surface area contributed by atoms with Crippen molar-refractivity contribution in [3.63, 3.8) is 0 Å². The number of hydrogen-bond acceptors (Lipinski definition) is 3. The van der Waals surface area contributed by atoms with Crippen LogP contribution in [0.5, 0.6) is 0 Å². The summed E-state index contributed by atoms with van der Waals surface area (Å²) < 4.78 is 28.2. The number of sulfonamides is 1. The van der Waals surface area contributed by atoms with Crippen LogP contribution in [0.15, 0.2) is 29.2 Å². The molecule has 1 amide bonds. The Labute approximate surface area is 164 Å². The average molecular weight is 395 g/mol. The first-order valence-electron chi connectivity index (χ1n) is 10.2. The summed E-state index contributed by atoms with van der Waals surface area (Å²) in [6.45, 7) is 5.80. The molecule has 2 rings (SSSR count). The molecule has 1 aromatic carbocycles. The summed E-state index contributed by atoms with van der Waals surface area (Å²) in [5.74, 6) is -0.288. The van der Waals surface area contributed by atoms with Gasteiger partial charge in [0.2, 0.25) is 15.9 Å². The molecule has 6 heteroatoms. The van der Waals surface area contributed by atoms with Gasteiger partial charge in [0.15, 0.2) is 0 Å². The number of carbonyl (C=O) groups is 1. The van der Waals surface area contributed by atoms with Gasteiger partial charge in [0.1, 0.15) is 6.04 Å². The van der Waals surface area contributed by atoms with E-state index in [-0.39, 0.29) is 22.8 Å². The third-order valence-corrected chi connectivity index (χ3v) is 7.02. The fourth-order valence-electron chi connectivity index (χ4n) is 3.51. The van der Waals surface area contributed by atoms with E-state index >= 15 is 0 Å². The van der Waals surface area contributed by atoms with Crippen molar-refractivity contribution < 1.29 is 13.2 Å². The highest BCUT2D eigenvalue weighted by molar-refractivity contribution is 7.89. The van der Waals surface area contributed by atoms with Crippen molar-refractivity contribution in [1.29, 1.82) is 0 Å². The predicted octanol–water partition coefficient (Wildman–Crippen LogP) is 3.92. The van der Waals surface area contributed by atoms with Crippen LogP contribution in [-0.4, -0.2) is 26.4 Å². The Bertz CT molecular complexity index is 693. The van der Waals surface area contributed by atoms with Crippen LogP contribution in [0, 0.1) is 12.8 Å². The van der Waals surface area contributed by atoms with E-state index in [0.717, 1.165) is 37.7 Å². The Kier molecular flexibility index (Phi) is 8.29. The zero-order valence-corrected chi connectivity index (χ0v) is 17.6. The molecule has 0 heterocycles. The van der Waals surface area contributed by atoms with E-state index in [2.05, 4.69) is 10.0 Å². The molecule has 1 aliphatic rings. The molecule has 27 heavy (non-hydrogen) atoms. The van der Waals surface area contributed by atoms with E-state index in [1.54, 1.807) is 24.3 Å². The van der Waals surface area contributed by atoms with Gasteiger partial charge in [0.25, 0.3) is 0 Å². The van der Waals surface area contributed by atoms with E-state index in [1.807, 2.05) is 20.8 Å². The number of aryl methyl sites for hydroxylation is 1. The minimum absolute atomic E-state index is 0.0845. The molecule has 2 N–H and O–H groups in total. The van der Waals surface area contributed by atoms with Crippen molar-refractivity contribution in [1.82, 2.24) is 10.0 Å². The van der Waals surface area contributed by atoms with E-state index in [0.29, 0.717) is 0 Å². The van der Waals surface area contributed by atoms with Gasteiger partial charge >= 0.3 is 0 Å². The molecular weight excluding hydrogens is 360 g/mol. The quantitative estimate of drug-likeness (QED) is 0.736. The van der Waals surface area contributed by atoms with Crippen molar-refractivity contribution in [3.8, 4) is 0 Å². The second kappa shape index (κ2) is 10.2. The predicted molar refractivity (Wildman–Crippen MR) is 109 cm³/mol. The topological polar surface area (TPSA) is 75.3 Å². The highest BCUT2D eigenvalue weighted by Gasteiger charge is 2.30. The first-order valence-corrected chi connectivity index (χ1v) is 11.7. The highest BCUT2D eigenvalue weighted by Crippen LogP contribution is 2.19.